The number of fused-ring (bicyclic) bond motifs is 1. The minimum absolute atomic E-state index is 0.0694. The van der Waals surface area contributed by atoms with Crippen LogP contribution in [0, 0.1) is 0 Å². The Balaban J connectivity index is 2.03. The van der Waals surface area contributed by atoms with E-state index in [1.54, 1.807) is 11.8 Å². The van der Waals surface area contributed by atoms with Gasteiger partial charge in [-0.3, -0.25) is 9.36 Å². The lowest BCUT2D eigenvalue weighted by Crippen LogP contribution is -2.31. The molecule has 1 aromatic carbocycles. The minimum Gasteiger partial charge on any atom is -0.379 e. The van der Waals surface area contributed by atoms with Crippen LogP contribution >= 0.6 is 34.4 Å². The Bertz CT molecular complexity index is 738. The summed E-state index contributed by atoms with van der Waals surface area (Å²) in [6, 6.07) is 7.61. The van der Waals surface area contributed by atoms with Crippen LogP contribution in [0.4, 0.5) is 0 Å². The van der Waals surface area contributed by atoms with Crippen molar-refractivity contribution in [3.05, 3.63) is 34.6 Å². The number of thioether (sulfide) groups is 1. The molecule has 1 heterocycles. The molecule has 0 N–H and O–H groups in total. The van der Waals surface area contributed by atoms with Gasteiger partial charge in [0.05, 0.1) is 24.1 Å². The van der Waals surface area contributed by atoms with E-state index in [0.717, 1.165) is 60.1 Å². The van der Waals surface area contributed by atoms with Crippen molar-refractivity contribution in [1.82, 2.24) is 14.5 Å². The Hall–Kier alpha value is -0.640. The van der Waals surface area contributed by atoms with E-state index < -0.39 is 0 Å². The fourth-order valence-electron chi connectivity index (χ4n) is 2.81. The van der Waals surface area contributed by atoms with E-state index in [4.69, 9.17) is 9.72 Å². The van der Waals surface area contributed by atoms with Crippen molar-refractivity contribution in [2.24, 2.45) is 0 Å². The molecule has 2 rings (SSSR count). The van der Waals surface area contributed by atoms with Gasteiger partial charge >= 0.3 is 0 Å². The Kier molecular flexibility index (Phi) is 9.95. The van der Waals surface area contributed by atoms with Crippen molar-refractivity contribution in [1.29, 1.82) is 0 Å². The topological polar surface area (TPSA) is 47.4 Å². The molecule has 0 radical (unpaired) electrons. The molecule has 0 saturated carbocycles. The molecule has 0 saturated heterocycles. The van der Waals surface area contributed by atoms with E-state index in [-0.39, 0.29) is 5.56 Å². The molecule has 0 amide bonds. The molecule has 0 atom stereocenters. The van der Waals surface area contributed by atoms with Gasteiger partial charge in [-0.2, -0.15) is 0 Å². The van der Waals surface area contributed by atoms with Crippen LogP contribution in [0.15, 0.2) is 34.2 Å². The van der Waals surface area contributed by atoms with Crippen LogP contribution in [-0.2, 0) is 11.3 Å². The van der Waals surface area contributed by atoms with Gasteiger partial charge in [0.1, 0.15) is 0 Å². The maximum absolute atomic E-state index is 12.9. The van der Waals surface area contributed by atoms with Gasteiger partial charge in [-0.1, -0.05) is 60.3 Å². The lowest BCUT2D eigenvalue weighted by molar-refractivity contribution is 0.117. The quantitative estimate of drug-likeness (QED) is 0.150. The van der Waals surface area contributed by atoms with Gasteiger partial charge in [0.25, 0.3) is 5.56 Å². The molecule has 26 heavy (non-hydrogen) atoms. The summed E-state index contributed by atoms with van der Waals surface area (Å²) >= 11 is 3.95. The highest BCUT2D eigenvalue weighted by molar-refractivity contribution is 14.1. The number of halogens is 1. The summed E-state index contributed by atoms with van der Waals surface area (Å²) in [6.45, 7) is 9.43. The first-order valence-electron chi connectivity index (χ1n) is 9.19. The summed E-state index contributed by atoms with van der Waals surface area (Å²) in [6.07, 6.45) is 0.928. The predicted octanol–water partition coefficient (Wildman–Crippen LogP) is 3.67. The van der Waals surface area contributed by atoms with Crippen LogP contribution in [0.25, 0.3) is 10.9 Å². The molecule has 0 aliphatic carbocycles. The van der Waals surface area contributed by atoms with Gasteiger partial charge < -0.3 is 9.64 Å². The summed E-state index contributed by atoms with van der Waals surface area (Å²) in [5, 5.41) is 1.53. The molecule has 5 nitrogen and oxygen atoms in total. The van der Waals surface area contributed by atoms with Crippen LogP contribution in [0.5, 0.6) is 0 Å². The molecule has 0 bridgehead atoms. The Morgan fingerprint density at radius 3 is 2.77 bits per heavy atom. The monoisotopic (exact) mass is 489 g/mol. The maximum atomic E-state index is 12.9. The standard InChI is InChI=1S/C19H28IN3O2S/c1-3-22(13-15-25-14-10-20)11-7-12-23-18(24)16-8-5-6-9-17(16)21-19(23)26-4-2/h5-6,8-9H,3-4,7,10-15H2,1-2H3. The third-order valence-corrected chi connectivity index (χ3v) is 5.48. The smallest absolute Gasteiger partial charge is 0.262 e. The van der Waals surface area contributed by atoms with E-state index in [0.29, 0.717) is 11.9 Å². The third-order valence-electron chi connectivity index (χ3n) is 4.18. The first-order chi connectivity index (χ1) is 12.7. The van der Waals surface area contributed by atoms with Crippen LogP contribution in [0.1, 0.15) is 20.3 Å². The fourth-order valence-corrected chi connectivity index (χ4v) is 3.88. The Morgan fingerprint density at radius 1 is 1.23 bits per heavy atom. The first-order valence-corrected chi connectivity index (χ1v) is 11.7. The first kappa shape index (κ1) is 21.7. The summed E-state index contributed by atoms with van der Waals surface area (Å²) < 4.78 is 8.45. The van der Waals surface area contributed by atoms with Crippen LogP contribution in [-0.4, -0.2) is 57.5 Å². The summed E-state index contributed by atoms with van der Waals surface area (Å²) in [4.78, 5) is 20.0. The van der Waals surface area contributed by atoms with Crippen molar-refractivity contribution in [2.75, 3.05) is 43.0 Å². The average Bonchev–Trinajstić information content (AvgIpc) is 2.66. The van der Waals surface area contributed by atoms with E-state index in [9.17, 15) is 4.79 Å². The second kappa shape index (κ2) is 11.9. The Labute approximate surface area is 173 Å². The molecule has 0 spiro atoms. The molecule has 144 valence electrons. The molecule has 0 aliphatic heterocycles. The van der Waals surface area contributed by atoms with Crippen molar-refractivity contribution < 1.29 is 4.74 Å². The van der Waals surface area contributed by atoms with E-state index in [2.05, 4.69) is 41.3 Å². The van der Waals surface area contributed by atoms with E-state index in [1.807, 2.05) is 28.8 Å². The molecule has 1 aromatic heterocycles. The zero-order valence-corrected chi connectivity index (χ0v) is 18.6. The van der Waals surface area contributed by atoms with Gasteiger partial charge in [0.15, 0.2) is 5.16 Å². The normalized spacial score (nSPS) is 11.5. The number of hydrogen-bond acceptors (Lipinski definition) is 5. The third kappa shape index (κ3) is 6.21. The molecular formula is C19H28IN3O2S. The average molecular weight is 489 g/mol. The zero-order chi connectivity index (χ0) is 18.8. The summed E-state index contributed by atoms with van der Waals surface area (Å²) in [7, 11) is 0. The zero-order valence-electron chi connectivity index (χ0n) is 15.6. The number of rotatable bonds is 12. The number of benzene rings is 1. The van der Waals surface area contributed by atoms with Gasteiger partial charge in [-0.25, -0.2) is 4.98 Å². The van der Waals surface area contributed by atoms with Crippen LogP contribution in [0.2, 0.25) is 0 Å². The minimum atomic E-state index is 0.0694. The van der Waals surface area contributed by atoms with Gasteiger partial charge in [0, 0.05) is 17.5 Å². The molecule has 7 heteroatoms. The van der Waals surface area contributed by atoms with Crippen molar-refractivity contribution >= 4 is 45.3 Å². The van der Waals surface area contributed by atoms with Crippen molar-refractivity contribution in [3.63, 3.8) is 0 Å². The second-order valence-electron chi connectivity index (χ2n) is 5.89. The van der Waals surface area contributed by atoms with Gasteiger partial charge in [0.2, 0.25) is 0 Å². The summed E-state index contributed by atoms with van der Waals surface area (Å²) in [5.41, 5.74) is 0.854. The van der Waals surface area contributed by atoms with Gasteiger partial charge in [-0.15, -0.1) is 0 Å². The molecule has 0 unspecified atom stereocenters. The second-order valence-corrected chi connectivity index (χ2v) is 8.20. The number of nitrogens with zero attached hydrogens (tertiary/aromatic N) is 3. The van der Waals surface area contributed by atoms with Crippen molar-refractivity contribution in [2.45, 2.75) is 32.0 Å². The highest BCUT2D eigenvalue weighted by atomic mass is 127. The van der Waals surface area contributed by atoms with Crippen LogP contribution in [0.3, 0.4) is 0 Å². The number of ether oxygens (including phenoxy) is 1. The number of hydrogen-bond donors (Lipinski definition) is 0. The number of aromatic nitrogens is 2. The Morgan fingerprint density at radius 2 is 2.04 bits per heavy atom. The molecule has 0 fully saturated rings. The van der Waals surface area contributed by atoms with Crippen molar-refractivity contribution in [3.8, 4) is 0 Å². The highest BCUT2D eigenvalue weighted by Crippen LogP contribution is 2.17. The highest BCUT2D eigenvalue weighted by Gasteiger charge is 2.11. The lowest BCUT2D eigenvalue weighted by Gasteiger charge is -2.21. The van der Waals surface area contributed by atoms with E-state index >= 15 is 0 Å². The largest absolute Gasteiger partial charge is 0.379 e. The SMILES string of the molecule is CCSc1nc2ccccc2c(=O)n1CCCN(CC)CCOCCI. The number of para-hydroxylation sites is 1. The fraction of sp³-hybridized carbons (Fsp3) is 0.579. The predicted molar refractivity (Wildman–Crippen MR) is 119 cm³/mol. The molecule has 0 aliphatic rings. The summed E-state index contributed by atoms with van der Waals surface area (Å²) in [5.74, 6) is 0.903. The lowest BCUT2D eigenvalue weighted by atomic mass is 10.2. The number of alkyl halides is 1. The molecule has 2 aromatic rings. The van der Waals surface area contributed by atoms with E-state index in [1.165, 1.54) is 0 Å². The van der Waals surface area contributed by atoms with Gasteiger partial charge in [-0.05, 0) is 37.4 Å². The number of likely N-dealkylation sites (N-methyl/N-ethyl adjacent to an activating group) is 1. The molecular weight excluding hydrogens is 461 g/mol. The van der Waals surface area contributed by atoms with Crippen LogP contribution < -0.4 is 5.56 Å². The maximum Gasteiger partial charge on any atom is 0.262 e.